The summed E-state index contributed by atoms with van der Waals surface area (Å²) in [6.07, 6.45) is 3.61. The SMILES string of the molecule is CCn1nc[n+](CC)c1N=Nc1ccc(N2CCN(c3ccc(N=Nc4n(CC)nc[n+]4CC)c(C)c3)CC2)cc1C.[CH3-].[CH3-]. The van der Waals surface area contributed by atoms with E-state index in [1.54, 1.807) is 12.7 Å². The molecule has 0 aliphatic carbocycles. The Morgan fingerprint density at radius 3 is 1.32 bits per heavy atom. The van der Waals surface area contributed by atoms with Crippen molar-refractivity contribution in [3.05, 3.63) is 75.0 Å². The van der Waals surface area contributed by atoms with E-state index in [1.807, 2.05) is 18.5 Å². The largest absolute Gasteiger partial charge is 0.403 e. The molecule has 2 aromatic carbocycles. The standard InChI is InChI=1S/C30H42N12.2CH3/c1-7-37-21-31-41(9-3)29(37)35-33-27-13-11-25(19-23(27)5)39-15-17-40(18-16-39)26-12-14-28(24(6)20-26)34-36-30-38(8-2)22-32-42(30)10-4;;/h11-14,19-22H,7-10,15-18H2,1-6H3;2*1H3/q+2;2*-1. The summed E-state index contributed by atoms with van der Waals surface area (Å²) in [6.45, 7) is 19.4. The molecule has 4 aromatic rings. The number of aromatic nitrogens is 6. The molecule has 1 aliphatic heterocycles. The molecule has 236 valence electrons. The average molecular weight is 601 g/mol. The minimum absolute atomic E-state index is 0. The molecule has 0 spiro atoms. The number of anilines is 2. The van der Waals surface area contributed by atoms with Crippen LogP contribution >= 0.6 is 0 Å². The zero-order valence-electron chi connectivity index (χ0n) is 27.6. The summed E-state index contributed by atoms with van der Waals surface area (Å²) in [7, 11) is 0. The maximum atomic E-state index is 4.56. The Morgan fingerprint density at radius 2 is 1.00 bits per heavy atom. The maximum Gasteiger partial charge on any atom is 0.403 e. The fourth-order valence-corrected chi connectivity index (χ4v) is 5.18. The highest BCUT2D eigenvalue weighted by molar-refractivity contribution is 5.61. The second kappa shape index (κ2) is 15.3. The number of nitrogens with zero attached hydrogens (tertiary/aromatic N) is 12. The van der Waals surface area contributed by atoms with Crippen LogP contribution < -0.4 is 18.9 Å². The first-order valence-corrected chi connectivity index (χ1v) is 14.9. The summed E-state index contributed by atoms with van der Waals surface area (Å²) in [6, 6.07) is 12.9. The molecule has 12 heteroatoms. The third-order valence-electron chi connectivity index (χ3n) is 7.78. The Balaban J connectivity index is 0.00000264. The van der Waals surface area contributed by atoms with Gasteiger partial charge < -0.3 is 24.7 Å². The lowest BCUT2D eigenvalue weighted by Crippen LogP contribution is -2.46. The molecule has 5 rings (SSSR count). The number of hydrogen-bond acceptors (Lipinski definition) is 8. The van der Waals surface area contributed by atoms with E-state index in [9.17, 15) is 0 Å². The van der Waals surface area contributed by atoms with Gasteiger partial charge in [-0.3, -0.25) is 0 Å². The summed E-state index contributed by atoms with van der Waals surface area (Å²) >= 11 is 0. The molecular formula is C32H48N12. The first kappa shape index (κ1) is 34.0. The number of azo groups is 2. The van der Waals surface area contributed by atoms with Crippen molar-refractivity contribution in [2.45, 2.75) is 67.7 Å². The van der Waals surface area contributed by atoms with Crippen LogP contribution in [0.2, 0.25) is 0 Å². The number of benzene rings is 2. The summed E-state index contributed by atoms with van der Waals surface area (Å²) in [5, 5.41) is 26.9. The number of aryl methyl sites for hydroxylation is 6. The van der Waals surface area contributed by atoms with Crippen LogP contribution in [0.5, 0.6) is 0 Å². The average Bonchev–Trinajstić information content (AvgIpc) is 3.62. The van der Waals surface area contributed by atoms with Crippen LogP contribution in [0.3, 0.4) is 0 Å². The van der Waals surface area contributed by atoms with E-state index in [4.69, 9.17) is 0 Å². The lowest BCUT2D eigenvalue weighted by molar-refractivity contribution is -0.681. The Bertz CT molecular complexity index is 1410. The molecule has 1 fully saturated rings. The Labute approximate surface area is 262 Å². The number of piperazine rings is 1. The van der Waals surface area contributed by atoms with Gasteiger partial charge in [-0.05, 0) is 99.3 Å². The van der Waals surface area contributed by atoms with Crippen molar-refractivity contribution >= 4 is 34.6 Å². The van der Waals surface area contributed by atoms with Gasteiger partial charge in [-0.2, -0.15) is 0 Å². The number of hydrogen-bond donors (Lipinski definition) is 0. The summed E-state index contributed by atoms with van der Waals surface area (Å²) < 4.78 is 7.72. The molecule has 0 saturated carbocycles. The zero-order valence-corrected chi connectivity index (χ0v) is 27.6. The highest BCUT2D eigenvalue weighted by atomic mass is 15.4. The van der Waals surface area contributed by atoms with Crippen molar-refractivity contribution in [3.8, 4) is 0 Å². The molecule has 0 N–H and O–H groups in total. The smallest absolute Gasteiger partial charge is 0.368 e. The first-order chi connectivity index (χ1) is 20.4. The molecule has 1 saturated heterocycles. The van der Waals surface area contributed by atoms with Crippen molar-refractivity contribution in [2.24, 2.45) is 20.5 Å². The van der Waals surface area contributed by atoms with Crippen LogP contribution in [0, 0.1) is 28.7 Å². The Hall–Kier alpha value is -4.48. The second-order valence-corrected chi connectivity index (χ2v) is 10.4. The molecule has 0 bridgehead atoms. The second-order valence-electron chi connectivity index (χ2n) is 10.4. The summed E-state index contributed by atoms with van der Waals surface area (Å²) in [5.74, 6) is 1.53. The van der Waals surface area contributed by atoms with Gasteiger partial charge in [-0.15, -0.1) is 9.36 Å². The van der Waals surface area contributed by atoms with E-state index < -0.39 is 0 Å². The van der Waals surface area contributed by atoms with Gasteiger partial charge in [0.05, 0.1) is 26.2 Å². The van der Waals surface area contributed by atoms with Crippen LogP contribution in [0.4, 0.5) is 34.6 Å². The van der Waals surface area contributed by atoms with Crippen molar-refractivity contribution in [2.75, 3.05) is 36.0 Å². The lowest BCUT2D eigenvalue weighted by Gasteiger charge is -2.37. The van der Waals surface area contributed by atoms with Crippen molar-refractivity contribution < 1.29 is 9.13 Å². The van der Waals surface area contributed by atoms with Gasteiger partial charge in [0, 0.05) is 47.8 Å². The van der Waals surface area contributed by atoms with Crippen molar-refractivity contribution in [3.63, 3.8) is 0 Å². The van der Waals surface area contributed by atoms with Crippen LogP contribution in [-0.4, -0.2) is 45.7 Å². The van der Waals surface area contributed by atoms with E-state index in [1.165, 1.54) is 11.4 Å². The monoisotopic (exact) mass is 600 g/mol. The molecule has 2 aromatic heterocycles. The minimum Gasteiger partial charge on any atom is -0.368 e. The van der Waals surface area contributed by atoms with E-state index in [0.29, 0.717) is 0 Å². The topological polar surface area (TPSA) is 99.3 Å². The Kier molecular flexibility index (Phi) is 11.8. The van der Waals surface area contributed by atoms with E-state index in [2.05, 4.69) is 118 Å². The fraction of sp³-hybridized carbons (Fsp3) is 0.438. The Morgan fingerprint density at radius 1 is 0.614 bits per heavy atom. The molecule has 44 heavy (non-hydrogen) atoms. The molecule has 0 radical (unpaired) electrons. The van der Waals surface area contributed by atoms with Gasteiger partial charge in [-0.1, -0.05) is 10.2 Å². The third-order valence-corrected chi connectivity index (χ3v) is 7.78. The van der Waals surface area contributed by atoms with Crippen LogP contribution in [-0.2, 0) is 26.2 Å². The quantitative estimate of drug-likeness (QED) is 0.119. The first-order valence-electron chi connectivity index (χ1n) is 14.9. The van der Waals surface area contributed by atoms with Crippen molar-refractivity contribution in [1.82, 2.24) is 19.6 Å². The minimum atomic E-state index is 0. The third kappa shape index (κ3) is 7.17. The molecular weight excluding hydrogens is 552 g/mol. The van der Waals surface area contributed by atoms with Gasteiger partial charge >= 0.3 is 11.9 Å². The van der Waals surface area contributed by atoms with Gasteiger partial charge in [0.25, 0.3) is 0 Å². The highest BCUT2D eigenvalue weighted by Gasteiger charge is 2.20. The van der Waals surface area contributed by atoms with E-state index >= 15 is 0 Å². The fourth-order valence-electron chi connectivity index (χ4n) is 5.18. The number of rotatable bonds is 10. The van der Waals surface area contributed by atoms with Crippen molar-refractivity contribution in [1.29, 1.82) is 0 Å². The van der Waals surface area contributed by atoms with Gasteiger partial charge in [0.2, 0.25) is 12.7 Å². The van der Waals surface area contributed by atoms with Gasteiger partial charge in [-0.25, -0.2) is 9.13 Å². The van der Waals surface area contributed by atoms with Crippen LogP contribution in [0.1, 0.15) is 38.8 Å². The van der Waals surface area contributed by atoms with Crippen LogP contribution in [0.15, 0.2) is 69.5 Å². The highest BCUT2D eigenvalue weighted by Crippen LogP contribution is 2.30. The van der Waals surface area contributed by atoms with Gasteiger partial charge in [0.1, 0.15) is 11.4 Å². The summed E-state index contributed by atoms with van der Waals surface area (Å²) in [4.78, 5) is 4.88. The molecule has 0 atom stereocenters. The molecule has 12 nitrogen and oxygen atoms in total. The zero-order chi connectivity index (χ0) is 29.6. The predicted octanol–water partition coefficient (Wildman–Crippen LogP) is 6.41. The summed E-state index contributed by atoms with van der Waals surface area (Å²) in [5.41, 5.74) is 6.40. The molecule has 3 heterocycles. The van der Waals surface area contributed by atoms with Crippen LogP contribution in [0.25, 0.3) is 0 Å². The predicted molar refractivity (Wildman–Crippen MR) is 176 cm³/mol. The molecule has 0 amide bonds. The molecule has 0 unspecified atom stereocenters. The normalized spacial score (nSPS) is 13.5. The van der Waals surface area contributed by atoms with E-state index in [-0.39, 0.29) is 14.9 Å². The lowest BCUT2D eigenvalue weighted by atomic mass is 10.1. The van der Waals surface area contributed by atoms with E-state index in [0.717, 1.165) is 86.8 Å². The maximum absolute atomic E-state index is 4.56. The molecule has 1 aliphatic rings. The van der Waals surface area contributed by atoms with Gasteiger partial charge in [0.15, 0.2) is 0 Å².